The summed E-state index contributed by atoms with van der Waals surface area (Å²) in [4.78, 5) is 7.74. The average molecular weight is 434 g/mol. The van der Waals surface area contributed by atoms with Crippen molar-refractivity contribution in [2.45, 2.75) is 16.8 Å². The zero-order valence-corrected chi connectivity index (χ0v) is 18.3. The molecule has 0 aliphatic carbocycles. The Labute approximate surface area is 175 Å². The van der Waals surface area contributed by atoms with Crippen LogP contribution in [0, 0.1) is 6.92 Å². The summed E-state index contributed by atoms with van der Waals surface area (Å²) in [6.07, 6.45) is 0. The molecule has 6 nitrogen and oxygen atoms in total. The molecule has 1 aliphatic heterocycles. The van der Waals surface area contributed by atoms with Gasteiger partial charge in [0.05, 0.1) is 17.7 Å². The van der Waals surface area contributed by atoms with Gasteiger partial charge >= 0.3 is 0 Å². The van der Waals surface area contributed by atoms with Gasteiger partial charge in [-0.15, -0.1) is 0 Å². The lowest BCUT2D eigenvalue weighted by Gasteiger charge is -2.34. The number of fused-ring (bicyclic) bond motifs is 1. The summed E-state index contributed by atoms with van der Waals surface area (Å²) in [6, 6.07) is 10.4. The Hall–Kier alpha value is -2.22. The molecule has 1 saturated heterocycles. The number of halogens is 1. The van der Waals surface area contributed by atoms with E-state index in [0.29, 0.717) is 16.3 Å². The number of nitrogens with one attached hydrogen (secondary N) is 1. The summed E-state index contributed by atoms with van der Waals surface area (Å²) in [6.45, 7) is 5.28. The minimum absolute atomic E-state index is 0.198. The van der Waals surface area contributed by atoms with Crippen molar-refractivity contribution < 1.29 is 13.2 Å². The quantitative estimate of drug-likeness (QED) is 0.679. The molecule has 8 heteroatoms. The van der Waals surface area contributed by atoms with Gasteiger partial charge in [-0.3, -0.25) is 0 Å². The highest BCUT2D eigenvalue weighted by Gasteiger charge is 2.26. The van der Waals surface area contributed by atoms with E-state index in [-0.39, 0.29) is 9.92 Å². The number of anilines is 1. The van der Waals surface area contributed by atoms with Crippen LogP contribution in [0.25, 0.3) is 10.9 Å². The predicted octanol–water partition coefficient (Wildman–Crippen LogP) is 3.72. The first-order valence-corrected chi connectivity index (χ1v) is 11.3. The molecule has 4 rings (SSSR count). The van der Waals surface area contributed by atoms with Crippen molar-refractivity contribution in [2.24, 2.45) is 0 Å². The lowest BCUT2D eigenvalue weighted by molar-refractivity contribution is 0.311. The molecule has 154 valence electrons. The molecule has 1 N–H and O–H groups in total. The molecule has 2 heterocycles. The van der Waals surface area contributed by atoms with Gasteiger partial charge < -0.3 is 19.5 Å². The molecule has 0 bridgehead atoms. The number of H-pyrrole nitrogens is 1. The summed E-state index contributed by atoms with van der Waals surface area (Å²) in [7, 11) is -0.0430. The van der Waals surface area contributed by atoms with E-state index in [0.717, 1.165) is 42.8 Å². The molecule has 1 fully saturated rings. The highest BCUT2D eigenvalue weighted by atomic mass is 35.5. The molecular weight excluding hydrogens is 410 g/mol. The Morgan fingerprint density at radius 1 is 1.07 bits per heavy atom. The molecule has 2 aromatic carbocycles. The maximum absolute atomic E-state index is 13.5. The second-order valence-electron chi connectivity index (χ2n) is 7.40. The zero-order valence-electron chi connectivity index (χ0n) is 16.7. The number of benzene rings is 2. The lowest BCUT2D eigenvalue weighted by atomic mass is 10.2. The summed E-state index contributed by atoms with van der Waals surface area (Å²) in [5.41, 5.74) is 2.22. The first-order valence-electron chi connectivity index (χ1n) is 9.45. The van der Waals surface area contributed by atoms with Gasteiger partial charge in [0.2, 0.25) is 9.84 Å². The Morgan fingerprint density at radius 2 is 1.79 bits per heavy atom. The van der Waals surface area contributed by atoms with Crippen LogP contribution in [0.15, 0.2) is 46.3 Å². The van der Waals surface area contributed by atoms with Crippen molar-refractivity contribution in [1.29, 1.82) is 0 Å². The Kier molecular flexibility index (Phi) is 5.23. The molecule has 0 saturated carbocycles. The van der Waals surface area contributed by atoms with E-state index >= 15 is 0 Å². The van der Waals surface area contributed by atoms with Crippen LogP contribution >= 0.6 is 11.6 Å². The number of aromatic amines is 1. The third-order valence-corrected chi connectivity index (χ3v) is 7.60. The molecule has 1 aromatic heterocycles. The van der Waals surface area contributed by atoms with E-state index < -0.39 is 9.84 Å². The molecule has 29 heavy (non-hydrogen) atoms. The fourth-order valence-electron chi connectivity index (χ4n) is 3.79. The van der Waals surface area contributed by atoms with Crippen molar-refractivity contribution in [2.75, 3.05) is 45.2 Å². The van der Waals surface area contributed by atoms with Gasteiger partial charge in [0.1, 0.15) is 10.8 Å². The van der Waals surface area contributed by atoms with Crippen molar-refractivity contribution in [3.8, 4) is 5.75 Å². The van der Waals surface area contributed by atoms with Crippen LogP contribution in [0.2, 0.25) is 5.02 Å². The van der Waals surface area contributed by atoms with E-state index in [2.05, 4.69) is 21.8 Å². The monoisotopic (exact) mass is 433 g/mol. The fraction of sp³-hybridized carbons (Fsp3) is 0.333. The summed E-state index contributed by atoms with van der Waals surface area (Å²) in [5, 5.41) is 1.58. The highest BCUT2D eigenvalue weighted by molar-refractivity contribution is 7.91. The topological polar surface area (TPSA) is 65.6 Å². The van der Waals surface area contributed by atoms with E-state index in [4.69, 9.17) is 16.3 Å². The number of ether oxygens (including phenoxy) is 1. The van der Waals surface area contributed by atoms with Crippen molar-refractivity contribution in [1.82, 2.24) is 9.88 Å². The first kappa shape index (κ1) is 20.1. The normalized spacial score (nSPS) is 15.8. The molecular formula is C21H24ClN3O3S. The summed E-state index contributed by atoms with van der Waals surface area (Å²) in [5.74, 6) is 0.675. The van der Waals surface area contributed by atoms with Crippen LogP contribution in [0.4, 0.5) is 5.69 Å². The number of methoxy groups -OCH3 is 1. The van der Waals surface area contributed by atoms with Crippen LogP contribution in [0.5, 0.6) is 5.75 Å². The molecule has 0 amide bonds. The molecule has 0 unspecified atom stereocenters. The van der Waals surface area contributed by atoms with Crippen LogP contribution in [-0.4, -0.2) is 58.6 Å². The maximum atomic E-state index is 13.5. The Balaban J connectivity index is 1.80. The fourth-order valence-corrected chi connectivity index (χ4v) is 5.47. The van der Waals surface area contributed by atoms with Crippen molar-refractivity contribution in [3.05, 3.63) is 47.0 Å². The minimum atomic E-state index is -3.73. The first-order chi connectivity index (χ1) is 13.8. The van der Waals surface area contributed by atoms with Crippen LogP contribution in [0.3, 0.4) is 0 Å². The second kappa shape index (κ2) is 7.55. The van der Waals surface area contributed by atoms with Gasteiger partial charge in [0.25, 0.3) is 0 Å². The standard InChI is InChI=1S/C21H24ClN3O3S/c1-14-17-12-15(22)4-6-18(17)23-21(14)29(26,27)16-5-7-20(28-3)19(13-16)25-10-8-24(2)9-11-25/h4-7,12-13,23H,8-11H2,1-3H3. The van der Waals surface area contributed by atoms with Gasteiger partial charge in [-0.2, -0.15) is 0 Å². The zero-order chi connectivity index (χ0) is 20.8. The third-order valence-electron chi connectivity index (χ3n) is 5.55. The van der Waals surface area contributed by atoms with E-state index in [1.807, 2.05) is 0 Å². The number of hydrogen-bond donors (Lipinski definition) is 1. The summed E-state index contributed by atoms with van der Waals surface area (Å²) < 4.78 is 32.4. The second-order valence-corrected chi connectivity index (χ2v) is 9.72. The number of sulfone groups is 1. The van der Waals surface area contributed by atoms with Gasteiger partial charge in [-0.05, 0) is 55.9 Å². The highest BCUT2D eigenvalue weighted by Crippen LogP contribution is 2.36. The van der Waals surface area contributed by atoms with Crippen molar-refractivity contribution >= 4 is 38.0 Å². The number of piperazine rings is 1. The van der Waals surface area contributed by atoms with Crippen LogP contribution in [0.1, 0.15) is 5.56 Å². The number of aromatic nitrogens is 1. The van der Waals surface area contributed by atoms with Gasteiger partial charge in [0.15, 0.2) is 0 Å². The Bertz CT molecular complexity index is 1170. The van der Waals surface area contributed by atoms with E-state index in [1.165, 1.54) is 0 Å². The molecule has 0 atom stereocenters. The average Bonchev–Trinajstić information content (AvgIpc) is 3.05. The molecule has 0 radical (unpaired) electrons. The third kappa shape index (κ3) is 3.58. The van der Waals surface area contributed by atoms with Crippen molar-refractivity contribution in [3.63, 3.8) is 0 Å². The van der Waals surface area contributed by atoms with E-state index in [9.17, 15) is 8.42 Å². The maximum Gasteiger partial charge on any atom is 0.222 e. The van der Waals surface area contributed by atoms with Gasteiger partial charge in [-0.25, -0.2) is 8.42 Å². The van der Waals surface area contributed by atoms with Crippen LogP contribution < -0.4 is 9.64 Å². The van der Waals surface area contributed by atoms with Crippen LogP contribution in [-0.2, 0) is 9.84 Å². The number of aryl methyl sites for hydroxylation is 1. The van der Waals surface area contributed by atoms with Gasteiger partial charge in [0, 0.05) is 42.1 Å². The minimum Gasteiger partial charge on any atom is -0.495 e. The molecule has 1 aliphatic rings. The SMILES string of the molecule is COc1ccc(S(=O)(=O)c2[nH]c3ccc(Cl)cc3c2C)cc1N1CCN(C)CC1. The molecule has 3 aromatic rings. The lowest BCUT2D eigenvalue weighted by Crippen LogP contribution is -2.44. The summed E-state index contributed by atoms with van der Waals surface area (Å²) >= 11 is 6.10. The number of likely N-dealkylation sites (N-methyl/N-ethyl adjacent to an activating group) is 1. The smallest absolute Gasteiger partial charge is 0.222 e. The number of hydrogen-bond acceptors (Lipinski definition) is 5. The molecule has 0 spiro atoms. The predicted molar refractivity (Wildman–Crippen MR) is 116 cm³/mol. The number of nitrogens with zero attached hydrogens (tertiary/aromatic N) is 2. The van der Waals surface area contributed by atoms with Gasteiger partial charge in [-0.1, -0.05) is 11.6 Å². The number of rotatable bonds is 4. The largest absolute Gasteiger partial charge is 0.495 e. The Morgan fingerprint density at radius 3 is 2.48 bits per heavy atom. The van der Waals surface area contributed by atoms with E-state index in [1.54, 1.807) is 50.4 Å².